The van der Waals surface area contributed by atoms with E-state index >= 15 is 0 Å². The molecule has 2 rings (SSSR count). The molecule has 1 nitrogen and oxygen atoms in total. The molecule has 3 heteroatoms. The van der Waals surface area contributed by atoms with Crippen LogP contribution in [0.15, 0.2) is 42.5 Å². The molecule has 0 atom stereocenters. The number of rotatable bonds is 2. The Morgan fingerprint density at radius 3 is 2.12 bits per heavy atom. The highest BCUT2D eigenvalue weighted by molar-refractivity contribution is 7.24. The van der Waals surface area contributed by atoms with E-state index in [0.29, 0.717) is 0 Å². The molecular formula is C13H19BOS. The predicted molar refractivity (Wildman–Crippen MR) is 76.2 cm³/mol. The third-order valence-electron chi connectivity index (χ3n) is 2.15. The summed E-state index contributed by atoms with van der Waals surface area (Å²) in [6, 6.07) is 13.7. The Morgan fingerprint density at radius 2 is 1.62 bits per heavy atom. The second kappa shape index (κ2) is 6.51. The first kappa shape index (κ1) is 14.9. The fraction of sp³-hybridized carbons (Fsp3) is 0.231. The van der Waals surface area contributed by atoms with Crippen LogP contribution in [-0.2, 0) is 0 Å². The lowest BCUT2D eigenvalue weighted by molar-refractivity contribution is 0.601. The molecule has 2 aromatic rings. The van der Waals surface area contributed by atoms with Gasteiger partial charge in [-0.05, 0) is 18.5 Å². The van der Waals surface area contributed by atoms with Crippen LogP contribution in [0.5, 0.6) is 0 Å². The summed E-state index contributed by atoms with van der Waals surface area (Å²) in [5.41, 5.74) is 0.953. The maximum atomic E-state index is 10.0. The SMILES string of the molecule is C.C.Cc1ccc(B(O)c2ccccc2)s1. The van der Waals surface area contributed by atoms with E-state index in [1.807, 2.05) is 49.4 Å². The third-order valence-corrected chi connectivity index (χ3v) is 3.20. The molecule has 0 spiro atoms. The van der Waals surface area contributed by atoms with E-state index in [0.717, 1.165) is 10.2 Å². The van der Waals surface area contributed by atoms with Crippen molar-refractivity contribution in [1.29, 1.82) is 0 Å². The molecule has 86 valence electrons. The first-order valence-electron chi connectivity index (χ1n) is 4.57. The van der Waals surface area contributed by atoms with Crippen molar-refractivity contribution < 1.29 is 5.02 Å². The van der Waals surface area contributed by atoms with Crippen molar-refractivity contribution >= 4 is 28.5 Å². The van der Waals surface area contributed by atoms with Crippen LogP contribution in [0, 0.1) is 6.92 Å². The van der Waals surface area contributed by atoms with Crippen molar-refractivity contribution in [2.75, 3.05) is 0 Å². The lowest BCUT2D eigenvalue weighted by Gasteiger charge is -2.02. The molecule has 0 radical (unpaired) electrons. The van der Waals surface area contributed by atoms with Gasteiger partial charge in [0, 0.05) is 9.65 Å². The Hall–Kier alpha value is -1.06. The number of benzene rings is 1. The summed E-state index contributed by atoms with van der Waals surface area (Å²) < 4.78 is 1.01. The summed E-state index contributed by atoms with van der Waals surface area (Å²) in [5.74, 6) is 0. The van der Waals surface area contributed by atoms with E-state index < -0.39 is 6.92 Å². The summed E-state index contributed by atoms with van der Waals surface area (Å²) in [5, 5.41) is 10.0. The smallest absolute Gasteiger partial charge is 0.369 e. The minimum atomic E-state index is -0.477. The minimum absolute atomic E-state index is 0. The zero-order valence-electron chi connectivity index (χ0n) is 7.97. The zero-order valence-corrected chi connectivity index (χ0v) is 8.79. The van der Waals surface area contributed by atoms with Gasteiger partial charge >= 0.3 is 6.92 Å². The Kier molecular flexibility index (Phi) is 6.08. The largest absolute Gasteiger partial charge is 0.442 e. The van der Waals surface area contributed by atoms with Crippen LogP contribution < -0.4 is 10.2 Å². The van der Waals surface area contributed by atoms with E-state index in [-0.39, 0.29) is 14.9 Å². The Morgan fingerprint density at radius 1 is 1.00 bits per heavy atom. The van der Waals surface area contributed by atoms with E-state index in [9.17, 15) is 5.02 Å². The van der Waals surface area contributed by atoms with Crippen molar-refractivity contribution in [3.05, 3.63) is 47.3 Å². The van der Waals surface area contributed by atoms with Crippen LogP contribution in [0.4, 0.5) is 0 Å². The van der Waals surface area contributed by atoms with Gasteiger partial charge in [-0.25, -0.2) is 0 Å². The molecule has 0 bridgehead atoms. The van der Waals surface area contributed by atoms with Gasteiger partial charge < -0.3 is 5.02 Å². The van der Waals surface area contributed by atoms with E-state index in [1.165, 1.54) is 4.88 Å². The minimum Gasteiger partial charge on any atom is -0.442 e. The van der Waals surface area contributed by atoms with Crippen LogP contribution in [0.25, 0.3) is 0 Å². The molecule has 1 N–H and O–H groups in total. The van der Waals surface area contributed by atoms with Crippen molar-refractivity contribution in [3.63, 3.8) is 0 Å². The Labute approximate surface area is 103 Å². The maximum Gasteiger partial charge on any atom is 0.369 e. The van der Waals surface area contributed by atoms with Crippen molar-refractivity contribution in [2.45, 2.75) is 21.8 Å². The molecule has 0 aliphatic carbocycles. The highest BCUT2D eigenvalue weighted by Gasteiger charge is 2.17. The van der Waals surface area contributed by atoms with Gasteiger partial charge in [0.2, 0.25) is 0 Å². The van der Waals surface area contributed by atoms with Gasteiger partial charge in [0.05, 0.1) is 0 Å². The molecule has 0 saturated carbocycles. The van der Waals surface area contributed by atoms with Crippen LogP contribution in [0.2, 0.25) is 0 Å². The molecule has 1 heterocycles. The monoisotopic (exact) mass is 234 g/mol. The molecule has 0 amide bonds. The molecule has 1 aromatic carbocycles. The summed E-state index contributed by atoms with van der Waals surface area (Å²) in [7, 11) is 0. The van der Waals surface area contributed by atoms with Gasteiger partial charge in [0.25, 0.3) is 0 Å². The molecule has 0 aliphatic heterocycles. The summed E-state index contributed by atoms with van der Waals surface area (Å²) in [6.07, 6.45) is 0. The van der Waals surface area contributed by atoms with E-state index in [4.69, 9.17) is 0 Å². The molecular weight excluding hydrogens is 215 g/mol. The maximum absolute atomic E-state index is 10.0. The summed E-state index contributed by atoms with van der Waals surface area (Å²) >= 11 is 1.64. The van der Waals surface area contributed by atoms with Crippen LogP contribution in [0.1, 0.15) is 19.7 Å². The average Bonchev–Trinajstić information content (AvgIpc) is 2.65. The van der Waals surface area contributed by atoms with Crippen LogP contribution in [0.3, 0.4) is 0 Å². The average molecular weight is 234 g/mol. The van der Waals surface area contributed by atoms with Gasteiger partial charge in [-0.2, -0.15) is 11.3 Å². The van der Waals surface area contributed by atoms with Crippen molar-refractivity contribution in [1.82, 2.24) is 0 Å². The number of hydrogen-bond acceptors (Lipinski definition) is 2. The molecule has 0 fully saturated rings. The highest BCUT2D eigenvalue weighted by atomic mass is 32.1. The second-order valence-corrected chi connectivity index (χ2v) is 4.58. The van der Waals surface area contributed by atoms with Gasteiger partial charge in [0.15, 0.2) is 0 Å². The standard InChI is InChI=1S/C11H11BOS.2CH4/c1-9-7-8-11(14-9)12(13)10-5-3-2-4-6-10;;/h2-8,13H,1H3;2*1H4. The highest BCUT2D eigenvalue weighted by Crippen LogP contribution is 2.04. The topological polar surface area (TPSA) is 20.2 Å². The molecule has 0 saturated heterocycles. The fourth-order valence-corrected chi connectivity index (χ4v) is 2.29. The molecule has 0 unspecified atom stereocenters. The summed E-state index contributed by atoms with van der Waals surface area (Å²) in [6.45, 7) is 1.57. The lowest BCUT2D eigenvalue weighted by atomic mass is 9.60. The quantitative estimate of drug-likeness (QED) is 0.791. The first-order valence-corrected chi connectivity index (χ1v) is 5.38. The summed E-state index contributed by atoms with van der Waals surface area (Å²) in [4.78, 5) is 1.23. The lowest BCUT2D eigenvalue weighted by Crippen LogP contribution is -2.40. The number of thiophene rings is 1. The fourth-order valence-electron chi connectivity index (χ4n) is 1.40. The Balaban J connectivity index is 0.00000112. The van der Waals surface area contributed by atoms with Gasteiger partial charge in [0.1, 0.15) is 0 Å². The third kappa shape index (κ3) is 3.22. The molecule has 0 aliphatic rings. The van der Waals surface area contributed by atoms with Crippen molar-refractivity contribution in [2.24, 2.45) is 0 Å². The van der Waals surface area contributed by atoms with E-state index in [2.05, 4.69) is 0 Å². The molecule has 1 aromatic heterocycles. The van der Waals surface area contributed by atoms with Crippen LogP contribution >= 0.6 is 11.3 Å². The van der Waals surface area contributed by atoms with Crippen LogP contribution in [-0.4, -0.2) is 11.9 Å². The normalized spacial score (nSPS) is 8.88. The number of hydrogen-bond donors (Lipinski definition) is 1. The zero-order chi connectivity index (χ0) is 9.97. The first-order chi connectivity index (χ1) is 6.77. The second-order valence-electron chi connectivity index (χ2n) is 3.26. The van der Waals surface area contributed by atoms with E-state index in [1.54, 1.807) is 11.3 Å². The van der Waals surface area contributed by atoms with Gasteiger partial charge in [-0.3, -0.25) is 0 Å². The van der Waals surface area contributed by atoms with Gasteiger partial charge in [-0.15, -0.1) is 0 Å². The Bertz CT molecular complexity index is 411. The molecule has 16 heavy (non-hydrogen) atoms. The predicted octanol–water partition coefficient (Wildman–Crippen LogP) is 2.43. The van der Waals surface area contributed by atoms with Gasteiger partial charge in [-0.1, -0.05) is 51.3 Å². The number of aryl methyl sites for hydroxylation is 1. The van der Waals surface area contributed by atoms with Crippen molar-refractivity contribution in [3.8, 4) is 0 Å².